The van der Waals surface area contributed by atoms with Crippen molar-refractivity contribution < 1.29 is 14.3 Å². The number of amides is 1. The van der Waals surface area contributed by atoms with Gasteiger partial charge in [-0.25, -0.2) is 0 Å². The molecule has 1 amide bonds. The number of nitrogens with two attached hydrogens (primary N) is 1. The SMILES string of the molecule is COc1ccccc1SCC(C)CNC(=O)CC(CN)OC. The fourth-order valence-corrected chi connectivity index (χ4v) is 2.91. The molecule has 22 heavy (non-hydrogen) atoms. The van der Waals surface area contributed by atoms with E-state index in [-0.39, 0.29) is 12.0 Å². The molecule has 1 aromatic rings. The number of methoxy groups -OCH3 is 2. The lowest BCUT2D eigenvalue weighted by molar-refractivity contribution is -0.123. The first kappa shape index (κ1) is 18.8. The summed E-state index contributed by atoms with van der Waals surface area (Å²) in [5.74, 6) is 2.13. The summed E-state index contributed by atoms with van der Waals surface area (Å²) in [5.41, 5.74) is 5.51. The lowest BCUT2D eigenvalue weighted by Crippen LogP contribution is -2.34. The highest BCUT2D eigenvalue weighted by Crippen LogP contribution is 2.29. The monoisotopic (exact) mass is 326 g/mol. The second-order valence-electron chi connectivity index (χ2n) is 5.17. The zero-order valence-electron chi connectivity index (χ0n) is 13.5. The zero-order chi connectivity index (χ0) is 16.4. The van der Waals surface area contributed by atoms with Crippen LogP contribution in [0, 0.1) is 5.92 Å². The molecular weight excluding hydrogens is 300 g/mol. The van der Waals surface area contributed by atoms with Gasteiger partial charge in [-0.1, -0.05) is 19.1 Å². The summed E-state index contributed by atoms with van der Waals surface area (Å²) >= 11 is 1.73. The van der Waals surface area contributed by atoms with Gasteiger partial charge in [0.05, 0.1) is 19.6 Å². The molecule has 6 heteroatoms. The van der Waals surface area contributed by atoms with Crippen molar-refractivity contribution in [1.29, 1.82) is 0 Å². The number of carbonyl (C=O) groups excluding carboxylic acids is 1. The quantitative estimate of drug-likeness (QED) is 0.643. The van der Waals surface area contributed by atoms with Crippen molar-refractivity contribution in [2.24, 2.45) is 11.7 Å². The molecule has 2 unspecified atom stereocenters. The molecule has 0 heterocycles. The number of benzene rings is 1. The number of ether oxygens (including phenoxy) is 2. The summed E-state index contributed by atoms with van der Waals surface area (Å²) in [6, 6.07) is 7.94. The first-order chi connectivity index (χ1) is 10.6. The van der Waals surface area contributed by atoms with Crippen LogP contribution in [0.1, 0.15) is 13.3 Å². The lowest BCUT2D eigenvalue weighted by atomic mass is 10.2. The first-order valence-corrected chi connectivity index (χ1v) is 8.34. The molecule has 0 radical (unpaired) electrons. The predicted molar refractivity (Wildman–Crippen MR) is 90.4 cm³/mol. The number of carbonyl (C=O) groups is 1. The molecule has 1 aromatic carbocycles. The van der Waals surface area contributed by atoms with Crippen molar-refractivity contribution in [3.05, 3.63) is 24.3 Å². The van der Waals surface area contributed by atoms with E-state index in [4.69, 9.17) is 15.2 Å². The minimum Gasteiger partial charge on any atom is -0.496 e. The Balaban J connectivity index is 2.31. The van der Waals surface area contributed by atoms with Gasteiger partial charge in [0, 0.05) is 30.8 Å². The summed E-state index contributed by atoms with van der Waals surface area (Å²) in [7, 11) is 3.24. The average Bonchev–Trinajstić information content (AvgIpc) is 2.56. The summed E-state index contributed by atoms with van der Waals surface area (Å²) < 4.78 is 10.4. The van der Waals surface area contributed by atoms with Crippen molar-refractivity contribution in [2.75, 3.05) is 33.1 Å². The Labute approximate surface area is 136 Å². The van der Waals surface area contributed by atoms with Gasteiger partial charge in [0.1, 0.15) is 5.75 Å². The maximum atomic E-state index is 11.8. The van der Waals surface area contributed by atoms with Crippen LogP contribution in [0.5, 0.6) is 5.75 Å². The summed E-state index contributed by atoms with van der Waals surface area (Å²) in [5, 5.41) is 2.93. The van der Waals surface area contributed by atoms with E-state index in [9.17, 15) is 4.79 Å². The second kappa shape index (κ2) is 10.5. The summed E-state index contributed by atoms with van der Waals surface area (Å²) in [6.45, 7) is 3.10. The number of thioether (sulfide) groups is 1. The smallest absolute Gasteiger partial charge is 0.222 e. The van der Waals surface area contributed by atoms with E-state index >= 15 is 0 Å². The highest BCUT2D eigenvalue weighted by Gasteiger charge is 2.12. The maximum Gasteiger partial charge on any atom is 0.222 e. The van der Waals surface area contributed by atoms with Gasteiger partial charge in [0.15, 0.2) is 0 Å². The molecule has 0 aliphatic carbocycles. The number of rotatable bonds is 10. The Morgan fingerprint density at radius 3 is 2.73 bits per heavy atom. The highest BCUT2D eigenvalue weighted by atomic mass is 32.2. The van der Waals surface area contributed by atoms with E-state index < -0.39 is 0 Å². The van der Waals surface area contributed by atoms with Crippen LogP contribution >= 0.6 is 11.8 Å². The van der Waals surface area contributed by atoms with Gasteiger partial charge in [-0.3, -0.25) is 4.79 Å². The fourth-order valence-electron chi connectivity index (χ4n) is 1.86. The molecule has 124 valence electrons. The number of hydrogen-bond acceptors (Lipinski definition) is 5. The Morgan fingerprint density at radius 2 is 2.09 bits per heavy atom. The van der Waals surface area contributed by atoms with E-state index in [1.165, 1.54) is 0 Å². The third-order valence-corrected chi connectivity index (χ3v) is 4.63. The minimum absolute atomic E-state index is 0.0218. The van der Waals surface area contributed by atoms with Crippen LogP contribution < -0.4 is 15.8 Å². The third-order valence-electron chi connectivity index (χ3n) is 3.25. The molecule has 0 aliphatic heterocycles. The van der Waals surface area contributed by atoms with Gasteiger partial charge in [-0.15, -0.1) is 11.8 Å². The highest BCUT2D eigenvalue weighted by molar-refractivity contribution is 7.99. The molecule has 1 rings (SSSR count). The second-order valence-corrected chi connectivity index (χ2v) is 6.23. The van der Waals surface area contributed by atoms with Crippen molar-refractivity contribution >= 4 is 17.7 Å². The third kappa shape index (κ3) is 6.68. The van der Waals surface area contributed by atoms with Crippen LogP contribution in [-0.2, 0) is 9.53 Å². The van der Waals surface area contributed by atoms with Gasteiger partial charge in [0.2, 0.25) is 5.91 Å². The summed E-state index contributed by atoms with van der Waals surface area (Å²) in [6.07, 6.45) is 0.0950. The molecule has 5 nitrogen and oxygen atoms in total. The Kier molecular flexibility index (Phi) is 8.96. The van der Waals surface area contributed by atoms with Crippen LogP contribution in [0.25, 0.3) is 0 Å². The number of para-hydroxylation sites is 1. The zero-order valence-corrected chi connectivity index (χ0v) is 14.3. The molecule has 0 bridgehead atoms. The van der Waals surface area contributed by atoms with Crippen molar-refractivity contribution in [2.45, 2.75) is 24.3 Å². The minimum atomic E-state index is -0.210. The molecule has 0 aliphatic rings. The van der Waals surface area contributed by atoms with E-state index in [0.717, 1.165) is 16.4 Å². The molecule has 0 fully saturated rings. The van der Waals surface area contributed by atoms with Gasteiger partial charge in [-0.2, -0.15) is 0 Å². The maximum absolute atomic E-state index is 11.8. The van der Waals surface area contributed by atoms with Gasteiger partial charge >= 0.3 is 0 Å². The Morgan fingerprint density at radius 1 is 1.36 bits per heavy atom. The predicted octanol–water partition coefficient (Wildman–Crippen LogP) is 1.90. The Hall–Kier alpha value is -1.24. The van der Waals surface area contributed by atoms with Gasteiger partial charge < -0.3 is 20.5 Å². The van der Waals surface area contributed by atoms with E-state index in [1.54, 1.807) is 26.0 Å². The van der Waals surface area contributed by atoms with E-state index in [0.29, 0.717) is 25.4 Å². The molecule has 2 atom stereocenters. The number of hydrogen-bond donors (Lipinski definition) is 2. The van der Waals surface area contributed by atoms with Gasteiger partial charge in [-0.05, 0) is 18.1 Å². The van der Waals surface area contributed by atoms with Crippen molar-refractivity contribution in [3.8, 4) is 5.75 Å². The fraction of sp³-hybridized carbons (Fsp3) is 0.562. The summed E-state index contributed by atoms with van der Waals surface area (Å²) in [4.78, 5) is 12.9. The van der Waals surface area contributed by atoms with Crippen LogP contribution in [0.3, 0.4) is 0 Å². The van der Waals surface area contributed by atoms with Crippen molar-refractivity contribution in [1.82, 2.24) is 5.32 Å². The molecule has 0 saturated carbocycles. The first-order valence-electron chi connectivity index (χ1n) is 7.36. The molecule has 3 N–H and O–H groups in total. The average molecular weight is 326 g/mol. The topological polar surface area (TPSA) is 73.6 Å². The van der Waals surface area contributed by atoms with Crippen LogP contribution in [-0.4, -0.2) is 45.1 Å². The van der Waals surface area contributed by atoms with Crippen LogP contribution in [0.15, 0.2) is 29.2 Å². The van der Waals surface area contributed by atoms with Gasteiger partial charge in [0.25, 0.3) is 0 Å². The van der Waals surface area contributed by atoms with Crippen LogP contribution in [0.4, 0.5) is 0 Å². The van der Waals surface area contributed by atoms with E-state index in [1.807, 2.05) is 24.3 Å². The van der Waals surface area contributed by atoms with E-state index in [2.05, 4.69) is 12.2 Å². The normalized spacial score (nSPS) is 13.5. The largest absolute Gasteiger partial charge is 0.496 e. The van der Waals surface area contributed by atoms with Crippen molar-refractivity contribution in [3.63, 3.8) is 0 Å². The number of nitrogens with one attached hydrogen (secondary N) is 1. The molecule has 0 spiro atoms. The Bertz CT molecular complexity index is 453. The molecular formula is C16H26N2O3S. The standard InChI is InChI=1S/C16H26N2O3S/c1-12(10-18-16(19)8-13(9-17)20-2)11-22-15-7-5-4-6-14(15)21-3/h4-7,12-13H,8-11,17H2,1-3H3,(H,18,19). The molecule has 0 saturated heterocycles. The molecule has 0 aromatic heterocycles. The van der Waals surface area contributed by atoms with Crippen LogP contribution in [0.2, 0.25) is 0 Å². The lowest BCUT2D eigenvalue weighted by Gasteiger charge is -2.16.